The van der Waals surface area contributed by atoms with Crippen LogP contribution in [-0.4, -0.2) is 71.0 Å². The molecule has 1 saturated heterocycles. The third-order valence-electron chi connectivity index (χ3n) is 6.31. The van der Waals surface area contributed by atoms with Crippen molar-refractivity contribution in [3.63, 3.8) is 0 Å². The number of nitrogens with one attached hydrogen (secondary N) is 1. The highest BCUT2D eigenvalue weighted by Gasteiger charge is 2.35. The van der Waals surface area contributed by atoms with Gasteiger partial charge < -0.3 is 15.0 Å². The number of amides is 2. The number of carbonyl (C=O) groups excluding carboxylic acids is 2. The van der Waals surface area contributed by atoms with Crippen LogP contribution in [0.5, 0.6) is 5.88 Å². The van der Waals surface area contributed by atoms with E-state index < -0.39 is 74.5 Å². The predicted molar refractivity (Wildman–Crippen MR) is 136 cm³/mol. The van der Waals surface area contributed by atoms with Gasteiger partial charge in [-0.05, 0) is 31.9 Å². The van der Waals surface area contributed by atoms with Gasteiger partial charge in [-0.3, -0.25) is 4.79 Å². The first kappa shape index (κ1) is 30.7. The van der Waals surface area contributed by atoms with E-state index in [2.05, 4.69) is 25.3 Å². The SMILES string of the molecule is Cc1nc(S(C)(=O)=O)nc(C2CCN(C(=O)Nc3c(F)cccc3F)CC2)c1C(=O)COc1ccnc(C(F)(F)F)n1. The number of carbonyl (C=O) groups is 2. The first-order valence-corrected chi connectivity index (χ1v) is 14.2. The number of ketones is 1. The maximum absolute atomic E-state index is 14.0. The van der Waals surface area contributed by atoms with Crippen molar-refractivity contribution in [2.24, 2.45) is 0 Å². The highest BCUT2D eigenvalue weighted by atomic mass is 32.2. The Balaban J connectivity index is 1.54. The van der Waals surface area contributed by atoms with Crippen LogP contribution in [0.4, 0.5) is 32.4 Å². The number of nitrogens with zero attached hydrogens (tertiary/aromatic N) is 5. The van der Waals surface area contributed by atoms with Gasteiger partial charge in [-0.15, -0.1) is 0 Å². The molecule has 17 heteroatoms. The van der Waals surface area contributed by atoms with Gasteiger partial charge in [-0.1, -0.05) is 6.07 Å². The van der Waals surface area contributed by atoms with Gasteiger partial charge in [0.1, 0.15) is 17.3 Å². The number of rotatable bonds is 7. The van der Waals surface area contributed by atoms with E-state index in [1.165, 1.54) is 11.8 Å². The van der Waals surface area contributed by atoms with Crippen LogP contribution in [0.25, 0.3) is 0 Å². The van der Waals surface area contributed by atoms with Crippen molar-refractivity contribution in [1.29, 1.82) is 0 Å². The van der Waals surface area contributed by atoms with Gasteiger partial charge in [-0.2, -0.15) is 18.2 Å². The maximum Gasteiger partial charge on any atom is 0.451 e. The van der Waals surface area contributed by atoms with E-state index >= 15 is 0 Å². The lowest BCUT2D eigenvalue weighted by atomic mass is 9.89. The number of aromatic nitrogens is 4. The zero-order valence-electron chi connectivity index (χ0n) is 22.1. The number of para-hydroxylation sites is 1. The summed E-state index contributed by atoms with van der Waals surface area (Å²) in [5.41, 5.74) is -0.616. The van der Waals surface area contributed by atoms with Crippen LogP contribution >= 0.6 is 0 Å². The van der Waals surface area contributed by atoms with Crippen molar-refractivity contribution in [1.82, 2.24) is 24.8 Å². The molecule has 0 unspecified atom stereocenters. The topological polar surface area (TPSA) is 144 Å². The Kier molecular flexibility index (Phi) is 8.70. The summed E-state index contributed by atoms with van der Waals surface area (Å²) in [6.07, 6.45) is -2.75. The molecule has 0 spiro atoms. The van der Waals surface area contributed by atoms with Gasteiger partial charge in [0.2, 0.25) is 32.5 Å². The number of ether oxygens (including phenoxy) is 1. The van der Waals surface area contributed by atoms with Gasteiger partial charge in [0.15, 0.2) is 6.61 Å². The molecule has 0 aliphatic carbocycles. The summed E-state index contributed by atoms with van der Waals surface area (Å²) in [5.74, 6) is -5.17. The number of aryl methyl sites for hydroxylation is 1. The highest BCUT2D eigenvalue weighted by Crippen LogP contribution is 2.32. The summed E-state index contributed by atoms with van der Waals surface area (Å²) in [6, 6.07) is 3.40. The largest absolute Gasteiger partial charge is 0.469 e. The van der Waals surface area contributed by atoms with E-state index in [-0.39, 0.29) is 42.9 Å². The van der Waals surface area contributed by atoms with Crippen molar-refractivity contribution >= 4 is 27.3 Å². The number of likely N-dealkylation sites (tertiary alicyclic amines) is 1. The minimum Gasteiger partial charge on any atom is -0.469 e. The average molecular weight is 615 g/mol. The molecule has 0 atom stereocenters. The van der Waals surface area contributed by atoms with Crippen molar-refractivity contribution in [2.75, 3.05) is 31.3 Å². The highest BCUT2D eigenvalue weighted by molar-refractivity contribution is 7.90. The number of piperidine rings is 1. The van der Waals surface area contributed by atoms with Crippen LogP contribution in [0, 0.1) is 18.6 Å². The molecular formula is C25H23F5N6O5S. The molecule has 2 amide bonds. The standard InChI is InChI=1S/C25H23F5N6O5S/c1-13-19(17(37)12-41-18-6-9-31-22(33-18)25(28,29)30)20(34-23(32-13)42(2,39)40)14-7-10-36(11-8-14)24(38)35-21-15(26)4-3-5-16(21)27/h3-6,9,14H,7-8,10-12H2,1-2H3,(H,35,38). The third-order valence-corrected chi connectivity index (χ3v) is 7.15. The number of hydrogen-bond donors (Lipinski definition) is 1. The third kappa shape index (κ3) is 6.95. The molecule has 1 N–H and O–H groups in total. The molecule has 0 bridgehead atoms. The van der Waals surface area contributed by atoms with E-state index in [9.17, 15) is 40.0 Å². The van der Waals surface area contributed by atoms with E-state index in [1.54, 1.807) is 0 Å². The molecule has 1 fully saturated rings. The second kappa shape index (κ2) is 11.9. The quantitative estimate of drug-likeness (QED) is 0.238. The Hall–Kier alpha value is -4.28. The number of Topliss-reactive ketones (excluding diaryl/α,β-unsaturated/α-hetero) is 1. The summed E-state index contributed by atoms with van der Waals surface area (Å²) in [5, 5.41) is 1.66. The summed E-state index contributed by atoms with van der Waals surface area (Å²) < 4.78 is 96.3. The fourth-order valence-electron chi connectivity index (χ4n) is 4.30. The van der Waals surface area contributed by atoms with Crippen LogP contribution in [0.2, 0.25) is 0 Å². The minimum atomic E-state index is -4.84. The first-order valence-electron chi connectivity index (χ1n) is 12.3. The number of urea groups is 1. The molecule has 2 aromatic heterocycles. The fraction of sp³-hybridized carbons (Fsp3) is 0.360. The average Bonchev–Trinajstić information content (AvgIpc) is 2.92. The van der Waals surface area contributed by atoms with Crippen LogP contribution in [0.15, 0.2) is 35.6 Å². The molecule has 3 heterocycles. The number of benzene rings is 1. The lowest BCUT2D eigenvalue weighted by molar-refractivity contribution is -0.145. The van der Waals surface area contributed by atoms with Gasteiger partial charge in [0, 0.05) is 37.5 Å². The zero-order chi connectivity index (χ0) is 30.8. The van der Waals surface area contributed by atoms with Crippen molar-refractivity contribution in [3.8, 4) is 5.88 Å². The van der Waals surface area contributed by atoms with Crippen LogP contribution in [0.1, 0.15) is 46.3 Å². The van der Waals surface area contributed by atoms with E-state index in [0.717, 1.165) is 36.7 Å². The molecule has 0 saturated carbocycles. The Morgan fingerprint density at radius 3 is 2.31 bits per heavy atom. The molecule has 11 nitrogen and oxygen atoms in total. The normalized spacial score (nSPS) is 14.5. The molecule has 1 aliphatic rings. The molecule has 42 heavy (non-hydrogen) atoms. The van der Waals surface area contributed by atoms with Crippen molar-refractivity contribution in [3.05, 3.63) is 64.9 Å². The van der Waals surface area contributed by atoms with Crippen LogP contribution in [-0.2, 0) is 16.0 Å². The minimum absolute atomic E-state index is 0.00268. The molecule has 3 aromatic rings. The number of hydrogen-bond acceptors (Lipinski definition) is 9. The Morgan fingerprint density at radius 1 is 1.07 bits per heavy atom. The number of anilines is 1. The molecule has 0 radical (unpaired) electrons. The van der Waals surface area contributed by atoms with E-state index in [1.807, 2.05) is 0 Å². The maximum atomic E-state index is 14.0. The lowest BCUT2D eigenvalue weighted by Crippen LogP contribution is -2.41. The lowest BCUT2D eigenvalue weighted by Gasteiger charge is -2.32. The van der Waals surface area contributed by atoms with Gasteiger partial charge in [-0.25, -0.2) is 36.9 Å². The molecule has 1 aliphatic heterocycles. The second-order valence-corrected chi connectivity index (χ2v) is 11.2. The Bertz CT molecular complexity index is 1610. The van der Waals surface area contributed by atoms with Crippen LogP contribution in [0.3, 0.4) is 0 Å². The van der Waals surface area contributed by atoms with Crippen molar-refractivity contribution in [2.45, 2.75) is 37.0 Å². The van der Waals surface area contributed by atoms with Gasteiger partial charge in [0.25, 0.3) is 0 Å². The summed E-state index contributed by atoms with van der Waals surface area (Å²) in [6.45, 7) is 0.745. The van der Waals surface area contributed by atoms with E-state index in [0.29, 0.717) is 0 Å². The Morgan fingerprint density at radius 2 is 1.71 bits per heavy atom. The van der Waals surface area contributed by atoms with Gasteiger partial charge in [0.05, 0.1) is 17.0 Å². The fourth-order valence-corrected chi connectivity index (χ4v) is 4.87. The summed E-state index contributed by atoms with van der Waals surface area (Å²) in [4.78, 5) is 41.6. The molecular weight excluding hydrogens is 591 g/mol. The number of halogens is 5. The monoisotopic (exact) mass is 614 g/mol. The number of alkyl halides is 3. The van der Waals surface area contributed by atoms with Crippen LogP contribution < -0.4 is 10.1 Å². The predicted octanol–water partition coefficient (Wildman–Crippen LogP) is 3.95. The van der Waals surface area contributed by atoms with Gasteiger partial charge >= 0.3 is 12.2 Å². The molecule has 224 valence electrons. The second-order valence-electron chi connectivity index (χ2n) is 9.34. The zero-order valence-corrected chi connectivity index (χ0v) is 22.9. The molecule has 1 aromatic carbocycles. The van der Waals surface area contributed by atoms with E-state index in [4.69, 9.17) is 4.74 Å². The molecule has 4 rings (SSSR count). The number of sulfone groups is 1. The Labute approximate surface area is 236 Å². The first-order chi connectivity index (χ1) is 19.6. The summed E-state index contributed by atoms with van der Waals surface area (Å²) in [7, 11) is -3.90. The van der Waals surface area contributed by atoms with Crippen molar-refractivity contribution < 1.29 is 44.7 Å². The summed E-state index contributed by atoms with van der Waals surface area (Å²) >= 11 is 0. The smallest absolute Gasteiger partial charge is 0.451 e.